The molecule has 1 N–H and O–H groups in total. The van der Waals surface area contributed by atoms with E-state index >= 15 is 0 Å². The molecular weight excluding hydrogens is 348 g/mol. The number of aliphatic hydroxyl groups is 1. The highest BCUT2D eigenvalue weighted by Crippen LogP contribution is 2.28. The highest BCUT2D eigenvalue weighted by atomic mass is 16.3. The SMILES string of the molecule is Cc1ccc2nc(N3CCC[C@@H](O)C3)c(CN(C)CCN3CCCC3)cc2c1. The number of anilines is 1. The van der Waals surface area contributed by atoms with E-state index in [0.717, 1.165) is 50.4 Å². The van der Waals surface area contributed by atoms with E-state index in [0.29, 0.717) is 6.54 Å². The van der Waals surface area contributed by atoms with Crippen molar-refractivity contribution in [1.29, 1.82) is 0 Å². The molecule has 2 aliphatic heterocycles. The fourth-order valence-electron chi connectivity index (χ4n) is 4.56. The number of pyridine rings is 1. The zero-order chi connectivity index (χ0) is 19.5. The minimum atomic E-state index is -0.245. The summed E-state index contributed by atoms with van der Waals surface area (Å²) < 4.78 is 0. The first kappa shape index (κ1) is 19.6. The van der Waals surface area contributed by atoms with Crippen molar-refractivity contribution in [3.8, 4) is 0 Å². The molecule has 0 aliphatic carbocycles. The van der Waals surface area contributed by atoms with Crippen molar-refractivity contribution in [2.24, 2.45) is 0 Å². The van der Waals surface area contributed by atoms with Gasteiger partial charge in [-0.15, -0.1) is 0 Å². The molecule has 2 fully saturated rings. The lowest BCUT2D eigenvalue weighted by Crippen LogP contribution is -2.39. The molecule has 0 saturated carbocycles. The number of likely N-dealkylation sites (N-methyl/N-ethyl adjacent to an activating group) is 1. The number of aliphatic hydroxyl groups excluding tert-OH is 1. The maximum Gasteiger partial charge on any atom is 0.133 e. The lowest BCUT2D eigenvalue weighted by atomic mass is 10.1. The fourth-order valence-corrected chi connectivity index (χ4v) is 4.56. The van der Waals surface area contributed by atoms with Gasteiger partial charge in [0, 0.05) is 43.7 Å². The standard InChI is InChI=1S/C23H34N4O/c1-18-7-8-22-19(14-18)15-20(16-25(2)12-13-26-9-3-4-10-26)23(24-22)27-11-5-6-21(28)17-27/h7-8,14-15,21,28H,3-6,9-13,16-17H2,1-2H3/t21-/m1/s1. The van der Waals surface area contributed by atoms with Gasteiger partial charge in [0.2, 0.25) is 0 Å². The van der Waals surface area contributed by atoms with E-state index in [1.807, 2.05) is 0 Å². The number of hydrogen-bond acceptors (Lipinski definition) is 5. The normalized spacial score (nSPS) is 21.1. The van der Waals surface area contributed by atoms with Crippen molar-refractivity contribution in [3.05, 3.63) is 35.4 Å². The quantitative estimate of drug-likeness (QED) is 0.832. The number of β-amino-alcohol motifs (C(OH)–C–C–N with tert-alkyl or cyclic N) is 1. The van der Waals surface area contributed by atoms with Crippen LogP contribution in [0.2, 0.25) is 0 Å². The largest absolute Gasteiger partial charge is 0.391 e. The van der Waals surface area contributed by atoms with Crippen molar-refractivity contribution in [3.63, 3.8) is 0 Å². The van der Waals surface area contributed by atoms with E-state index < -0.39 is 0 Å². The van der Waals surface area contributed by atoms with Crippen LogP contribution in [-0.4, -0.2) is 72.3 Å². The van der Waals surface area contributed by atoms with Gasteiger partial charge in [0.15, 0.2) is 0 Å². The van der Waals surface area contributed by atoms with Crippen LogP contribution in [-0.2, 0) is 6.54 Å². The Morgan fingerprint density at radius 3 is 2.75 bits per heavy atom. The third-order valence-corrected chi connectivity index (χ3v) is 6.16. The van der Waals surface area contributed by atoms with Gasteiger partial charge in [-0.2, -0.15) is 0 Å². The van der Waals surface area contributed by atoms with Gasteiger partial charge in [-0.25, -0.2) is 4.98 Å². The smallest absolute Gasteiger partial charge is 0.133 e. The topological polar surface area (TPSA) is 42.8 Å². The number of benzene rings is 1. The second-order valence-corrected chi connectivity index (χ2v) is 8.70. The first-order valence-corrected chi connectivity index (χ1v) is 10.8. The lowest BCUT2D eigenvalue weighted by Gasteiger charge is -2.33. The van der Waals surface area contributed by atoms with Gasteiger partial charge in [-0.3, -0.25) is 0 Å². The molecule has 2 aromatic rings. The van der Waals surface area contributed by atoms with Gasteiger partial charge in [0.1, 0.15) is 5.82 Å². The van der Waals surface area contributed by atoms with Crippen LogP contribution in [0.5, 0.6) is 0 Å². The third-order valence-electron chi connectivity index (χ3n) is 6.16. The number of rotatable bonds is 6. The zero-order valence-corrected chi connectivity index (χ0v) is 17.4. The van der Waals surface area contributed by atoms with E-state index in [1.165, 1.54) is 42.4 Å². The number of aromatic nitrogens is 1. The molecule has 1 aromatic heterocycles. The number of likely N-dealkylation sites (tertiary alicyclic amines) is 1. The van der Waals surface area contributed by atoms with E-state index in [2.05, 4.69) is 52.9 Å². The number of hydrogen-bond donors (Lipinski definition) is 1. The highest BCUT2D eigenvalue weighted by Gasteiger charge is 2.22. The summed E-state index contributed by atoms with van der Waals surface area (Å²) in [5.41, 5.74) is 3.59. The number of nitrogens with zero attached hydrogens (tertiary/aromatic N) is 4. The molecule has 3 heterocycles. The molecule has 0 spiro atoms. The fraction of sp³-hybridized carbons (Fsp3) is 0.609. The van der Waals surface area contributed by atoms with Gasteiger partial charge < -0.3 is 19.8 Å². The van der Waals surface area contributed by atoms with Crippen LogP contribution in [0.15, 0.2) is 24.3 Å². The molecular formula is C23H34N4O. The summed E-state index contributed by atoms with van der Waals surface area (Å²) in [6, 6.07) is 8.80. The van der Waals surface area contributed by atoms with Crippen LogP contribution in [0.25, 0.3) is 10.9 Å². The van der Waals surface area contributed by atoms with Gasteiger partial charge in [0.05, 0.1) is 11.6 Å². The van der Waals surface area contributed by atoms with Crippen molar-refractivity contribution in [2.75, 3.05) is 51.2 Å². The Kier molecular flexibility index (Phi) is 6.14. The highest BCUT2D eigenvalue weighted by molar-refractivity contribution is 5.82. The second-order valence-electron chi connectivity index (χ2n) is 8.70. The number of fused-ring (bicyclic) bond motifs is 1. The molecule has 5 heteroatoms. The second kappa shape index (κ2) is 8.76. The lowest BCUT2D eigenvalue weighted by molar-refractivity contribution is 0.153. The van der Waals surface area contributed by atoms with Gasteiger partial charge in [0.25, 0.3) is 0 Å². The Morgan fingerprint density at radius 1 is 1.14 bits per heavy atom. The van der Waals surface area contributed by atoms with Crippen molar-refractivity contribution in [1.82, 2.24) is 14.8 Å². The van der Waals surface area contributed by atoms with Crippen LogP contribution in [0.3, 0.4) is 0 Å². The van der Waals surface area contributed by atoms with Gasteiger partial charge in [-0.1, -0.05) is 11.6 Å². The van der Waals surface area contributed by atoms with E-state index in [9.17, 15) is 5.11 Å². The number of piperidine rings is 1. The molecule has 1 atom stereocenters. The summed E-state index contributed by atoms with van der Waals surface area (Å²) in [4.78, 5) is 12.3. The zero-order valence-electron chi connectivity index (χ0n) is 17.4. The Balaban J connectivity index is 1.57. The van der Waals surface area contributed by atoms with Crippen molar-refractivity contribution >= 4 is 16.7 Å². The van der Waals surface area contributed by atoms with Crippen LogP contribution in [0, 0.1) is 6.92 Å². The maximum absolute atomic E-state index is 10.2. The number of aryl methyl sites for hydroxylation is 1. The Labute approximate surface area is 169 Å². The molecule has 0 radical (unpaired) electrons. The third kappa shape index (κ3) is 4.65. The van der Waals surface area contributed by atoms with Crippen LogP contribution < -0.4 is 4.90 Å². The van der Waals surface area contributed by atoms with Crippen molar-refractivity contribution in [2.45, 2.75) is 45.3 Å². The summed E-state index contributed by atoms with van der Waals surface area (Å²) in [5.74, 6) is 1.06. The molecule has 0 bridgehead atoms. The molecule has 0 amide bonds. The van der Waals surface area contributed by atoms with E-state index in [1.54, 1.807) is 0 Å². The first-order chi connectivity index (χ1) is 13.6. The summed E-state index contributed by atoms with van der Waals surface area (Å²) in [7, 11) is 2.21. The molecule has 4 rings (SSSR count). The van der Waals surface area contributed by atoms with Gasteiger partial charge in [-0.05, 0) is 70.9 Å². The average molecular weight is 383 g/mol. The maximum atomic E-state index is 10.2. The Hall–Kier alpha value is -1.69. The molecule has 2 saturated heterocycles. The predicted octanol–water partition coefficient (Wildman–Crippen LogP) is 3.03. The van der Waals surface area contributed by atoms with Crippen LogP contribution >= 0.6 is 0 Å². The van der Waals surface area contributed by atoms with Crippen molar-refractivity contribution < 1.29 is 5.11 Å². The van der Waals surface area contributed by atoms with Crippen LogP contribution in [0.4, 0.5) is 5.82 Å². The molecule has 28 heavy (non-hydrogen) atoms. The molecule has 0 unspecified atom stereocenters. The minimum Gasteiger partial charge on any atom is -0.391 e. The van der Waals surface area contributed by atoms with Crippen LogP contribution in [0.1, 0.15) is 36.8 Å². The molecule has 1 aromatic carbocycles. The molecule has 5 nitrogen and oxygen atoms in total. The monoisotopic (exact) mass is 382 g/mol. The minimum absolute atomic E-state index is 0.245. The molecule has 2 aliphatic rings. The van der Waals surface area contributed by atoms with Gasteiger partial charge >= 0.3 is 0 Å². The summed E-state index contributed by atoms with van der Waals surface area (Å²) in [6.45, 7) is 9.43. The average Bonchev–Trinajstić information content (AvgIpc) is 3.19. The summed E-state index contributed by atoms with van der Waals surface area (Å²) >= 11 is 0. The Bertz CT molecular complexity index is 803. The molecule has 152 valence electrons. The summed E-state index contributed by atoms with van der Waals surface area (Å²) in [5, 5.41) is 11.4. The van der Waals surface area contributed by atoms with E-state index in [-0.39, 0.29) is 6.10 Å². The predicted molar refractivity (Wildman–Crippen MR) is 116 cm³/mol. The Morgan fingerprint density at radius 2 is 1.96 bits per heavy atom. The first-order valence-electron chi connectivity index (χ1n) is 10.8. The van der Waals surface area contributed by atoms with E-state index in [4.69, 9.17) is 4.98 Å². The summed E-state index contributed by atoms with van der Waals surface area (Å²) in [6.07, 6.45) is 4.37.